The maximum absolute atomic E-state index is 12.2. The van der Waals surface area contributed by atoms with Crippen LogP contribution >= 0.6 is 0 Å². The molecule has 0 saturated heterocycles. The predicted molar refractivity (Wildman–Crippen MR) is 125 cm³/mol. The molecule has 0 aliphatic heterocycles. The fourth-order valence-electron chi connectivity index (χ4n) is 2.93. The molecule has 0 spiro atoms. The number of esters is 1. The SMILES string of the molecule is CCOc1ccc(C(=O)OCC(=O)Nc2ccc(N=Nc3ccccc3OC)c(C)c2)cc1. The van der Waals surface area contributed by atoms with Crippen LogP contribution in [0.25, 0.3) is 0 Å². The minimum atomic E-state index is -0.587. The molecule has 0 fully saturated rings. The number of benzene rings is 3. The Kier molecular flexibility index (Phi) is 8.13. The van der Waals surface area contributed by atoms with Crippen LogP contribution in [0.15, 0.2) is 77.0 Å². The number of rotatable bonds is 9. The molecule has 33 heavy (non-hydrogen) atoms. The largest absolute Gasteiger partial charge is 0.494 e. The predicted octanol–water partition coefficient (Wildman–Crippen LogP) is 5.61. The van der Waals surface area contributed by atoms with E-state index in [0.29, 0.717) is 40.7 Å². The summed E-state index contributed by atoms with van der Waals surface area (Å²) in [5.41, 5.74) is 2.99. The van der Waals surface area contributed by atoms with Gasteiger partial charge in [-0.2, -0.15) is 5.11 Å². The van der Waals surface area contributed by atoms with Crippen molar-refractivity contribution in [3.05, 3.63) is 77.9 Å². The van der Waals surface area contributed by atoms with Crippen LogP contribution in [0.1, 0.15) is 22.8 Å². The maximum Gasteiger partial charge on any atom is 0.338 e. The molecule has 1 amide bonds. The summed E-state index contributed by atoms with van der Waals surface area (Å²) < 4.78 is 15.7. The Hall–Kier alpha value is -4.20. The quantitative estimate of drug-likeness (QED) is 0.339. The molecule has 170 valence electrons. The molecule has 8 heteroatoms. The number of carbonyl (C=O) groups excluding carboxylic acids is 2. The summed E-state index contributed by atoms with van der Waals surface area (Å²) in [6.45, 7) is 3.87. The van der Waals surface area contributed by atoms with Crippen molar-refractivity contribution in [3.63, 3.8) is 0 Å². The number of carbonyl (C=O) groups is 2. The highest BCUT2D eigenvalue weighted by Gasteiger charge is 2.11. The Labute approximate surface area is 192 Å². The highest BCUT2D eigenvalue weighted by atomic mass is 16.5. The van der Waals surface area contributed by atoms with Crippen LogP contribution in [0.5, 0.6) is 11.5 Å². The Morgan fingerprint density at radius 2 is 1.67 bits per heavy atom. The Morgan fingerprint density at radius 1 is 0.939 bits per heavy atom. The van der Waals surface area contributed by atoms with Gasteiger partial charge in [-0.15, -0.1) is 5.11 Å². The second-order valence-corrected chi connectivity index (χ2v) is 6.95. The lowest BCUT2D eigenvalue weighted by atomic mass is 10.2. The summed E-state index contributed by atoms with van der Waals surface area (Å²) in [5, 5.41) is 11.2. The van der Waals surface area contributed by atoms with E-state index in [1.54, 1.807) is 55.6 Å². The number of para-hydroxylation sites is 1. The Balaban J connectivity index is 1.55. The molecule has 0 aliphatic carbocycles. The molecule has 0 aliphatic rings. The average Bonchev–Trinajstić information content (AvgIpc) is 2.83. The molecular formula is C25H25N3O5. The van der Waals surface area contributed by atoms with Crippen LogP contribution in [0, 0.1) is 6.92 Å². The number of azo groups is 1. The third-order valence-corrected chi connectivity index (χ3v) is 4.57. The van der Waals surface area contributed by atoms with Gasteiger partial charge in [0.1, 0.15) is 17.2 Å². The molecule has 0 saturated carbocycles. The van der Waals surface area contributed by atoms with Crippen LogP contribution in [0.2, 0.25) is 0 Å². The molecule has 1 N–H and O–H groups in total. The van der Waals surface area contributed by atoms with Gasteiger partial charge in [-0.25, -0.2) is 4.79 Å². The standard InChI is InChI=1S/C25H25N3O5/c1-4-32-20-12-9-18(10-13-20)25(30)33-16-24(29)26-19-11-14-21(17(2)15-19)27-28-22-7-5-6-8-23(22)31-3/h5-15H,4,16H2,1-3H3,(H,26,29). The molecular weight excluding hydrogens is 422 g/mol. The lowest BCUT2D eigenvalue weighted by Gasteiger charge is -2.09. The fraction of sp³-hybridized carbons (Fsp3) is 0.200. The number of anilines is 1. The fourth-order valence-corrected chi connectivity index (χ4v) is 2.93. The van der Waals surface area contributed by atoms with E-state index in [2.05, 4.69) is 15.5 Å². The number of hydrogen-bond donors (Lipinski definition) is 1. The van der Waals surface area contributed by atoms with Crippen molar-refractivity contribution in [1.82, 2.24) is 0 Å². The van der Waals surface area contributed by atoms with Crippen LogP contribution in [-0.2, 0) is 9.53 Å². The second kappa shape index (κ2) is 11.4. The number of nitrogens with zero attached hydrogens (tertiary/aromatic N) is 2. The van der Waals surface area contributed by atoms with E-state index in [-0.39, 0.29) is 0 Å². The van der Waals surface area contributed by atoms with Crippen LogP contribution in [-0.4, -0.2) is 32.2 Å². The van der Waals surface area contributed by atoms with Gasteiger partial charge in [-0.05, 0) is 74.0 Å². The molecule has 0 bridgehead atoms. The number of hydrogen-bond acceptors (Lipinski definition) is 7. The number of methoxy groups -OCH3 is 1. The topological polar surface area (TPSA) is 98.6 Å². The molecule has 3 aromatic rings. The van der Waals surface area contributed by atoms with E-state index in [9.17, 15) is 9.59 Å². The highest BCUT2D eigenvalue weighted by Crippen LogP contribution is 2.30. The first-order chi connectivity index (χ1) is 16.0. The van der Waals surface area contributed by atoms with Gasteiger partial charge in [0.2, 0.25) is 0 Å². The van der Waals surface area contributed by atoms with E-state index in [1.165, 1.54) is 0 Å². The average molecular weight is 447 g/mol. The molecule has 3 aromatic carbocycles. The van der Waals surface area contributed by atoms with Gasteiger partial charge in [-0.3, -0.25) is 4.79 Å². The molecule has 0 atom stereocenters. The van der Waals surface area contributed by atoms with Crippen molar-refractivity contribution in [1.29, 1.82) is 0 Å². The molecule has 0 heterocycles. The lowest BCUT2D eigenvalue weighted by molar-refractivity contribution is -0.119. The summed E-state index contributed by atoms with van der Waals surface area (Å²) >= 11 is 0. The van der Waals surface area contributed by atoms with E-state index >= 15 is 0 Å². The van der Waals surface area contributed by atoms with Gasteiger partial charge >= 0.3 is 5.97 Å². The van der Waals surface area contributed by atoms with E-state index in [0.717, 1.165) is 5.56 Å². The molecule has 8 nitrogen and oxygen atoms in total. The summed E-state index contributed by atoms with van der Waals surface area (Å²) in [6, 6.07) is 19.1. The van der Waals surface area contributed by atoms with Crippen molar-refractivity contribution in [2.24, 2.45) is 10.2 Å². The first kappa shape index (κ1) is 23.5. The van der Waals surface area contributed by atoms with Crippen molar-refractivity contribution >= 4 is 28.9 Å². The lowest BCUT2D eigenvalue weighted by Crippen LogP contribution is -2.20. The summed E-state index contributed by atoms with van der Waals surface area (Å²) in [6.07, 6.45) is 0. The van der Waals surface area contributed by atoms with Gasteiger partial charge in [0, 0.05) is 5.69 Å². The molecule has 0 unspecified atom stereocenters. The zero-order valence-corrected chi connectivity index (χ0v) is 18.7. The van der Waals surface area contributed by atoms with Crippen LogP contribution in [0.3, 0.4) is 0 Å². The molecule has 0 aromatic heterocycles. The zero-order valence-electron chi connectivity index (χ0n) is 18.7. The number of amides is 1. The summed E-state index contributed by atoms with van der Waals surface area (Å²) in [5.74, 6) is 0.254. The minimum absolute atomic E-state index is 0.340. The number of ether oxygens (including phenoxy) is 3. The smallest absolute Gasteiger partial charge is 0.338 e. The Bertz CT molecular complexity index is 1140. The van der Waals surface area contributed by atoms with Crippen molar-refractivity contribution in [2.45, 2.75) is 13.8 Å². The minimum Gasteiger partial charge on any atom is -0.494 e. The van der Waals surface area contributed by atoms with Gasteiger partial charge < -0.3 is 19.5 Å². The second-order valence-electron chi connectivity index (χ2n) is 6.95. The zero-order chi connectivity index (χ0) is 23.6. The van der Waals surface area contributed by atoms with Crippen LogP contribution in [0.4, 0.5) is 17.1 Å². The van der Waals surface area contributed by atoms with Gasteiger partial charge in [0.25, 0.3) is 5.91 Å². The Morgan fingerprint density at radius 3 is 2.36 bits per heavy atom. The maximum atomic E-state index is 12.2. The summed E-state index contributed by atoms with van der Waals surface area (Å²) in [4.78, 5) is 24.3. The number of nitrogens with one attached hydrogen (secondary N) is 1. The summed E-state index contributed by atoms with van der Waals surface area (Å²) in [7, 11) is 1.58. The first-order valence-corrected chi connectivity index (χ1v) is 10.4. The van der Waals surface area contributed by atoms with E-state index in [4.69, 9.17) is 14.2 Å². The van der Waals surface area contributed by atoms with Crippen molar-refractivity contribution < 1.29 is 23.8 Å². The molecule has 3 rings (SSSR count). The van der Waals surface area contributed by atoms with Crippen molar-refractivity contribution in [2.75, 3.05) is 25.6 Å². The monoisotopic (exact) mass is 447 g/mol. The van der Waals surface area contributed by atoms with Crippen LogP contribution < -0.4 is 14.8 Å². The molecule has 0 radical (unpaired) electrons. The third kappa shape index (κ3) is 6.64. The van der Waals surface area contributed by atoms with Gasteiger partial charge in [-0.1, -0.05) is 12.1 Å². The van der Waals surface area contributed by atoms with Gasteiger partial charge in [0.05, 0.1) is 25.0 Å². The van der Waals surface area contributed by atoms with Crippen molar-refractivity contribution in [3.8, 4) is 11.5 Å². The highest BCUT2D eigenvalue weighted by molar-refractivity contribution is 5.95. The van der Waals surface area contributed by atoms with E-state index in [1.807, 2.05) is 32.0 Å². The number of aryl methyl sites for hydroxylation is 1. The van der Waals surface area contributed by atoms with E-state index < -0.39 is 18.5 Å². The first-order valence-electron chi connectivity index (χ1n) is 10.4. The van der Waals surface area contributed by atoms with Gasteiger partial charge in [0.15, 0.2) is 6.61 Å². The third-order valence-electron chi connectivity index (χ3n) is 4.57. The normalized spacial score (nSPS) is 10.6.